The summed E-state index contributed by atoms with van der Waals surface area (Å²) in [6.07, 6.45) is 2.13. The highest BCUT2D eigenvalue weighted by molar-refractivity contribution is 5.94. The van der Waals surface area contributed by atoms with E-state index in [2.05, 4.69) is 25.9 Å². The maximum absolute atomic E-state index is 13.3. The van der Waals surface area contributed by atoms with Gasteiger partial charge in [0.2, 0.25) is 17.7 Å². The molecule has 0 aromatic carbocycles. The molecule has 15 nitrogen and oxygen atoms in total. The molecule has 0 saturated heterocycles. The summed E-state index contributed by atoms with van der Waals surface area (Å²) in [4.78, 5) is 58.6. The predicted molar refractivity (Wildman–Crippen MR) is 150 cm³/mol. The zero-order valence-electron chi connectivity index (χ0n) is 23.5. The van der Waals surface area contributed by atoms with Crippen molar-refractivity contribution < 1.29 is 24.3 Å². The normalized spacial score (nSPS) is 15.4. The second-order valence-corrected chi connectivity index (χ2v) is 9.64. The number of carbonyl (C=O) groups excluding carboxylic acids is 3. The van der Waals surface area contributed by atoms with Crippen LogP contribution in [0.1, 0.15) is 66.2 Å². The lowest BCUT2D eigenvalue weighted by Gasteiger charge is -2.28. The van der Waals surface area contributed by atoms with Crippen LogP contribution in [-0.2, 0) is 19.2 Å². The number of hydrogen-bond donors (Lipinski definition) is 9. The quantitative estimate of drug-likeness (QED) is 0.0481. The van der Waals surface area contributed by atoms with Crippen molar-refractivity contribution in [2.75, 3.05) is 13.1 Å². The number of carboxylic acid groups (broad SMARTS) is 1. The molecule has 0 aliphatic heterocycles. The third-order valence-corrected chi connectivity index (χ3v) is 6.49. The molecule has 224 valence electrons. The van der Waals surface area contributed by atoms with Crippen LogP contribution in [0.15, 0.2) is 9.98 Å². The summed E-state index contributed by atoms with van der Waals surface area (Å²) in [6.45, 7) is 7.75. The monoisotopic (exact) mass is 556 g/mol. The average molecular weight is 557 g/mol. The number of amides is 3. The van der Waals surface area contributed by atoms with E-state index < -0.39 is 47.9 Å². The Morgan fingerprint density at radius 3 is 1.62 bits per heavy atom. The lowest BCUT2D eigenvalue weighted by atomic mass is 9.96. The van der Waals surface area contributed by atoms with Crippen LogP contribution in [0.25, 0.3) is 0 Å². The molecular formula is C24H48N10O5. The van der Waals surface area contributed by atoms with Crippen LogP contribution < -0.4 is 44.6 Å². The number of aliphatic carboxylic acids is 1. The average Bonchev–Trinajstić information content (AvgIpc) is 2.88. The number of rotatable bonds is 19. The van der Waals surface area contributed by atoms with Crippen molar-refractivity contribution in [1.82, 2.24) is 16.0 Å². The number of guanidine groups is 2. The molecule has 6 atom stereocenters. The summed E-state index contributed by atoms with van der Waals surface area (Å²) >= 11 is 0. The van der Waals surface area contributed by atoms with E-state index in [1.807, 2.05) is 20.8 Å². The number of hydrogen-bond acceptors (Lipinski definition) is 7. The molecule has 3 amide bonds. The van der Waals surface area contributed by atoms with Gasteiger partial charge in [-0.1, -0.05) is 40.5 Å². The Balaban J connectivity index is 5.67. The highest BCUT2D eigenvalue weighted by Gasteiger charge is 2.33. The van der Waals surface area contributed by atoms with E-state index in [4.69, 9.17) is 28.7 Å². The van der Waals surface area contributed by atoms with Gasteiger partial charge in [0.15, 0.2) is 11.9 Å². The van der Waals surface area contributed by atoms with E-state index in [1.54, 1.807) is 6.92 Å². The molecule has 39 heavy (non-hydrogen) atoms. The molecule has 0 radical (unpaired) electrons. The highest BCUT2D eigenvalue weighted by Crippen LogP contribution is 2.12. The van der Waals surface area contributed by atoms with Crippen LogP contribution >= 0.6 is 0 Å². The Morgan fingerprint density at radius 1 is 0.718 bits per heavy atom. The van der Waals surface area contributed by atoms with Gasteiger partial charge in [-0.05, 0) is 37.5 Å². The summed E-state index contributed by atoms with van der Waals surface area (Å²) in [7, 11) is 0. The van der Waals surface area contributed by atoms with Crippen molar-refractivity contribution in [2.45, 2.75) is 90.4 Å². The first-order valence-corrected chi connectivity index (χ1v) is 13.2. The minimum Gasteiger partial charge on any atom is -0.480 e. The minimum atomic E-state index is -1.23. The van der Waals surface area contributed by atoms with Crippen LogP contribution in [-0.4, -0.2) is 78.0 Å². The van der Waals surface area contributed by atoms with Crippen molar-refractivity contribution in [3.05, 3.63) is 0 Å². The van der Waals surface area contributed by atoms with E-state index in [0.717, 1.165) is 0 Å². The lowest BCUT2D eigenvalue weighted by molar-refractivity contribution is -0.143. The van der Waals surface area contributed by atoms with Crippen LogP contribution in [0.3, 0.4) is 0 Å². The molecular weight excluding hydrogens is 508 g/mol. The van der Waals surface area contributed by atoms with Crippen LogP contribution in [0.5, 0.6) is 0 Å². The van der Waals surface area contributed by atoms with Gasteiger partial charge in [-0.3, -0.25) is 24.4 Å². The summed E-state index contributed by atoms with van der Waals surface area (Å²) in [5.41, 5.74) is 27.3. The van der Waals surface area contributed by atoms with Gasteiger partial charge in [0.05, 0.1) is 6.04 Å². The van der Waals surface area contributed by atoms with E-state index >= 15 is 0 Å². The van der Waals surface area contributed by atoms with Crippen molar-refractivity contribution in [3.63, 3.8) is 0 Å². The largest absolute Gasteiger partial charge is 0.480 e. The molecule has 6 unspecified atom stereocenters. The molecule has 0 saturated carbocycles. The van der Waals surface area contributed by atoms with Crippen LogP contribution in [0.4, 0.5) is 0 Å². The molecule has 0 fully saturated rings. The molecule has 0 heterocycles. The predicted octanol–water partition coefficient (Wildman–Crippen LogP) is -1.95. The molecule has 0 bridgehead atoms. The Morgan fingerprint density at radius 2 is 1.18 bits per heavy atom. The van der Waals surface area contributed by atoms with Gasteiger partial charge in [0, 0.05) is 13.1 Å². The molecule has 0 aliphatic carbocycles. The fourth-order valence-corrected chi connectivity index (χ4v) is 3.53. The van der Waals surface area contributed by atoms with Crippen molar-refractivity contribution in [3.8, 4) is 0 Å². The minimum absolute atomic E-state index is 0.0794. The topological polar surface area (TPSA) is 279 Å². The Kier molecular flexibility index (Phi) is 16.9. The second kappa shape index (κ2) is 18.6. The molecule has 0 aromatic rings. The zero-order valence-corrected chi connectivity index (χ0v) is 23.5. The first-order chi connectivity index (χ1) is 18.2. The van der Waals surface area contributed by atoms with Gasteiger partial charge >= 0.3 is 5.97 Å². The highest BCUT2D eigenvalue weighted by atomic mass is 16.4. The first-order valence-electron chi connectivity index (χ1n) is 13.2. The summed E-state index contributed by atoms with van der Waals surface area (Å²) in [6, 6.07) is -4.11. The van der Waals surface area contributed by atoms with Gasteiger partial charge in [-0.15, -0.1) is 0 Å². The third-order valence-electron chi connectivity index (χ3n) is 6.49. The SMILES string of the molecule is CCC(C)C(N)C(=O)NC(CCCN=C(N)N)C(=O)NC(C(=O)NC(CCCN=C(N)N)C(=O)O)C(C)CC. The Hall–Kier alpha value is -3.62. The lowest BCUT2D eigenvalue weighted by Crippen LogP contribution is -2.59. The van der Waals surface area contributed by atoms with Crippen molar-refractivity contribution >= 4 is 35.6 Å². The zero-order chi connectivity index (χ0) is 30.1. The number of carbonyl (C=O) groups is 4. The Labute approximate surface area is 230 Å². The summed E-state index contributed by atoms with van der Waals surface area (Å²) in [5, 5.41) is 17.4. The number of aliphatic imine (C=N–C) groups is 2. The van der Waals surface area contributed by atoms with E-state index in [9.17, 15) is 24.3 Å². The van der Waals surface area contributed by atoms with Gasteiger partial charge < -0.3 is 49.7 Å². The Bertz CT molecular complexity index is 858. The number of nitrogens with one attached hydrogen (secondary N) is 3. The standard InChI is InChI=1S/C24H48N10O5/c1-5-13(3)17(25)20(36)32-15(9-7-11-30-23(26)27)19(35)34-18(14(4)6-2)21(37)33-16(22(38)39)10-8-12-31-24(28)29/h13-18H,5-12,25H2,1-4H3,(H,32,36)(H,33,37)(H,34,35)(H,38,39)(H4,26,27,30)(H4,28,29,31). The maximum atomic E-state index is 13.3. The van der Waals surface area contributed by atoms with Gasteiger partial charge in [0.1, 0.15) is 18.1 Å². The van der Waals surface area contributed by atoms with Crippen molar-refractivity contribution in [1.29, 1.82) is 0 Å². The van der Waals surface area contributed by atoms with Gasteiger partial charge in [-0.25, -0.2) is 4.79 Å². The number of carboxylic acids is 1. The second-order valence-electron chi connectivity index (χ2n) is 9.64. The van der Waals surface area contributed by atoms with E-state index in [0.29, 0.717) is 25.7 Å². The van der Waals surface area contributed by atoms with Crippen molar-refractivity contribution in [2.24, 2.45) is 50.5 Å². The molecule has 0 spiro atoms. The molecule has 14 N–H and O–H groups in total. The fourth-order valence-electron chi connectivity index (χ4n) is 3.53. The number of nitrogens with zero attached hydrogens (tertiary/aromatic N) is 2. The maximum Gasteiger partial charge on any atom is 0.326 e. The molecule has 0 aliphatic rings. The third kappa shape index (κ3) is 14.2. The molecule has 0 aromatic heterocycles. The molecule has 15 heteroatoms. The van der Waals surface area contributed by atoms with Gasteiger partial charge in [0.25, 0.3) is 0 Å². The van der Waals surface area contributed by atoms with Gasteiger partial charge in [-0.2, -0.15) is 0 Å². The smallest absolute Gasteiger partial charge is 0.326 e. The van der Waals surface area contributed by atoms with E-state index in [-0.39, 0.29) is 49.7 Å². The van der Waals surface area contributed by atoms with Crippen LogP contribution in [0, 0.1) is 11.8 Å². The fraction of sp³-hybridized carbons (Fsp3) is 0.750. The van der Waals surface area contributed by atoms with E-state index in [1.165, 1.54) is 0 Å². The first kappa shape index (κ1) is 35.4. The van der Waals surface area contributed by atoms with Crippen LogP contribution in [0.2, 0.25) is 0 Å². The summed E-state index contributed by atoms with van der Waals surface area (Å²) in [5.74, 6) is -3.67. The number of nitrogens with two attached hydrogens (primary N) is 5. The molecule has 0 rings (SSSR count). The summed E-state index contributed by atoms with van der Waals surface area (Å²) < 4.78 is 0.